The number of rotatable bonds is 9. The number of aliphatic hydroxyl groups is 1. The molecule has 2 N–H and O–H groups in total. The lowest BCUT2D eigenvalue weighted by atomic mass is 9.96. The third kappa shape index (κ3) is 5.73. The molecule has 6 nitrogen and oxygen atoms in total. The number of methoxy groups -OCH3 is 1. The van der Waals surface area contributed by atoms with Crippen molar-refractivity contribution >= 4 is 17.0 Å². The van der Waals surface area contributed by atoms with E-state index in [0.717, 1.165) is 60.6 Å². The molecule has 2 unspecified atom stereocenters. The molecule has 1 aromatic carbocycles. The van der Waals surface area contributed by atoms with Gasteiger partial charge in [-0.2, -0.15) is 0 Å². The number of fused-ring (bicyclic) bond motifs is 1. The maximum atomic E-state index is 11.0. The maximum Gasteiger partial charge on any atom is 0.126 e. The molecule has 1 aliphatic heterocycles. The smallest absolute Gasteiger partial charge is 0.126 e. The van der Waals surface area contributed by atoms with E-state index >= 15 is 0 Å². The van der Waals surface area contributed by atoms with E-state index in [1.54, 1.807) is 19.6 Å². The number of benzene rings is 1. The maximum absolute atomic E-state index is 11.0. The number of likely N-dealkylation sites (tertiary alicyclic amines) is 1. The third-order valence-electron chi connectivity index (χ3n) is 5.90. The van der Waals surface area contributed by atoms with Crippen LogP contribution >= 0.6 is 0 Å². The van der Waals surface area contributed by atoms with Gasteiger partial charge in [0.1, 0.15) is 11.5 Å². The Morgan fingerprint density at radius 2 is 2.29 bits per heavy atom. The number of pyridine rings is 1. The molecule has 3 heterocycles. The predicted molar refractivity (Wildman–Crippen MR) is 123 cm³/mol. The average Bonchev–Trinajstić information content (AvgIpc) is 3.32. The monoisotopic (exact) mass is 421 g/mol. The zero-order chi connectivity index (χ0) is 21.5. The fraction of sp³-hybridized carbons (Fsp3) is 0.400. The summed E-state index contributed by atoms with van der Waals surface area (Å²) in [6.07, 6.45) is 9.36. The molecule has 1 saturated heterocycles. The van der Waals surface area contributed by atoms with Gasteiger partial charge in [-0.3, -0.25) is 4.98 Å². The van der Waals surface area contributed by atoms with E-state index in [1.807, 2.05) is 42.5 Å². The van der Waals surface area contributed by atoms with Gasteiger partial charge < -0.3 is 24.5 Å². The standard InChI is InChI=1S/C25H31N3O3/c1-30-21-8-9-24-23(15-21)22(10-12-27-24)25(29)18-28-13-3-5-19(17-28)16-26-11-2-6-20-7-4-14-31-20/h2,4,6-10,12,14-15,19,25-26,29H,3,5,11,13,16-18H2,1H3. The molecule has 2 atom stereocenters. The number of aliphatic hydroxyl groups excluding tert-OH is 1. The van der Waals surface area contributed by atoms with Gasteiger partial charge in [-0.15, -0.1) is 0 Å². The Morgan fingerprint density at radius 3 is 3.13 bits per heavy atom. The fourth-order valence-corrected chi connectivity index (χ4v) is 4.32. The van der Waals surface area contributed by atoms with Crippen molar-refractivity contribution in [1.29, 1.82) is 0 Å². The number of furan rings is 1. The van der Waals surface area contributed by atoms with Gasteiger partial charge in [0.05, 0.1) is 25.0 Å². The summed E-state index contributed by atoms with van der Waals surface area (Å²) in [6, 6.07) is 11.6. The van der Waals surface area contributed by atoms with Crippen LogP contribution in [0.5, 0.6) is 5.75 Å². The fourth-order valence-electron chi connectivity index (χ4n) is 4.32. The first kappa shape index (κ1) is 21.6. The first-order chi connectivity index (χ1) is 15.2. The molecule has 0 aliphatic carbocycles. The van der Waals surface area contributed by atoms with Crippen LogP contribution in [0, 0.1) is 5.92 Å². The molecular formula is C25H31N3O3. The van der Waals surface area contributed by atoms with E-state index in [-0.39, 0.29) is 0 Å². The van der Waals surface area contributed by atoms with Gasteiger partial charge in [-0.1, -0.05) is 6.08 Å². The van der Waals surface area contributed by atoms with Gasteiger partial charge in [0.2, 0.25) is 0 Å². The van der Waals surface area contributed by atoms with E-state index in [4.69, 9.17) is 9.15 Å². The summed E-state index contributed by atoms with van der Waals surface area (Å²) >= 11 is 0. The van der Waals surface area contributed by atoms with Crippen molar-refractivity contribution < 1.29 is 14.3 Å². The summed E-state index contributed by atoms with van der Waals surface area (Å²) in [4.78, 5) is 6.80. The van der Waals surface area contributed by atoms with E-state index in [0.29, 0.717) is 12.5 Å². The van der Waals surface area contributed by atoms with Crippen LogP contribution in [-0.2, 0) is 0 Å². The molecule has 1 aliphatic rings. The number of aromatic nitrogens is 1. The second-order valence-corrected chi connectivity index (χ2v) is 8.14. The molecule has 6 heteroatoms. The molecule has 0 bridgehead atoms. The highest BCUT2D eigenvalue weighted by Gasteiger charge is 2.23. The van der Waals surface area contributed by atoms with E-state index in [9.17, 15) is 5.11 Å². The van der Waals surface area contributed by atoms with E-state index in [1.165, 1.54) is 6.42 Å². The highest BCUT2D eigenvalue weighted by molar-refractivity contribution is 5.83. The highest BCUT2D eigenvalue weighted by atomic mass is 16.5. The van der Waals surface area contributed by atoms with Gasteiger partial charge in [0.25, 0.3) is 0 Å². The lowest BCUT2D eigenvalue weighted by molar-refractivity contribution is 0.0851. The van der Waals surface area contributed by atoms with Crippen LogP contribution in [0.1, 0.15) is 30.3 Å². The number of piperidine rings is 1. The van der Waals surface area contributed by atoms with Gasteiger partial charge in [0.15, 0.2) is 0 Å². The number of ether oxygens (including phenoxy) is 1. The van der Waals surface area contributed by atoms with Crippen LogP contribution in [0.4, 0.5) is 0 Å². The summed E-state index contributed by atoms with van der Waals surface area (Å²) in [5.74, 6) is 2.24. The molecule has 0 amide bonds. The molecule has 0 radical (unpaired) electrons. The van der Waals surface area contributed by atoms with Crippen molar-refractivity contribution in [3.63, 3.8) is 0 Å². The lowest BCUT2D eigenvalue weighted by Crippen LogP contribution is -2.41. The Bertz CT molecular complexity index is 987. The Labute approximate surface area is 183 Å². The SMILES string of the molecule is COc1ccc2nccc(C(O)CN3CCCC(CNCC=Cc4ccco4)C3)c2c1. The molecule has 1 fully saturated rings. The van der Waals surface area contributed by atoms with Crippen LogP contribution in [0.25, 0.3) is 17.0 Å². The lowest BCUT2D eigenvalue weighted by Gasteiger charge is -2.34. The minimum atomic E-state index is -0.555. The Kier molecular flexibility index (Phi) is 7.35. The largest absolute Gasteiger partial charge is 0.497 e. The average molecular weight is 422 g/mol. The molecule has 0 spiro atoms. The van der Waals surface area contributed by atoms with Crippen LogP contribution in [-0.4, -0.2) is 54.8 Å². The van der Waals surface area contributed by atoms with Crippen LogP contribution < -0.4 is 10.1 Å². The van der Waals surface area contributed by atoms with Crippen LogP contribution in [0.3, 0.4) is 0 Å². The minimum Gasteiger partial charge on any atom is -0.497 e. The van der Waals surface area contributed by atoms with Crippen molar-refractivity contribution in [3.05, 3.63) is 66.3 Å². The predicted octanol–water partition coefficient (Wildman–Crippen LogP) is 3.88. The van der Waals surface area contributed by atoms with Crippen molar-refractivity contribution in [2.45, 2.75) is 18.9 Å². The summed E-state index contributed by atoms with van der Waals surface area (Å²) in [6.45, 7) is 4.46. The van der Waals surface area contributed by atoms with Gasteiger partial charge in [0, 0.05) is 31.2 Å². The van der Waals surface area contributed by atoms with Gasteiger partial charge in [-0.05, 0) is 79.9 Å². The highest BCUT2D eigenvalue weighted by Crippen LogP contribution is 2.28. The van der Waals surface area contributed by atoms with Crippen molar-refractivity contribution in [3.8, 4) is 5.75 Å². The second kappa shape index (κ2) is 10.6. The van der Waals surface area contributed by atoms with Gasteiger partial charge >= 0.3 is 0 Å². The van der Waals surface area contributed by atoms with E-state index < -0.39 is 6.10 Å². The first-order valence-electron chi connectivity index (χ1n) is 11.0. The molecule has 31 heavy (non-hydrogen) atoms. The summed E-state index contributed by atoms with van der Waals surface area (Å²) in [5, 5.41) is 15.5. The van der Waals surface area contributed by atoms with Crippen LogP contribution in [0.15, 0.2) is 59.4 Å². The summed E-state index contributed by atoms with van der Waals surface area (Å²) in [7, 11) is 1.66. The minimum absolute atomic E-state index is 0.555. The Morgan fingerprint density at radius 1 is 1.35 bits per heavy atom. The van der Waals surface area contributed by atoms with Crippen molar-refractivity contribution in [2.24, 2.45) is 5.92 Å². The van der Waals surface area contributed by atoms with Gasteiger partial charge in [-0.25, -0.2) is 0 Å². The Balaban J connectivity index is 1.30. The third-order valence-corrected chi connectivity index (χ3v) is 5.90. The first-order valence-corrected chi connectivity index (χ1v) is 11.0. The van der Waals surface area contributed by atoms with Crippen molar-refractivity contribution in [2.75, 3.05) is 39.8 Å². The number of hydrogen-bond acceptors (Lipinski definition) is 6. The van der Waals surface area contributed by atoms with E-state index in [2.05, 4.69) is 21.3 Å². The quantitative estimate of drug-likeness (QED) is 0.511. The molecule has 2 aromatic heterocycles. The molecular weight excluding hydrogens is 390 g/mol. The zero-order valence-corrected chi connectivity index (χ0v) is 18.0. The van der Waals surface area contributed by atoms with Crippen molar-refractivity contribution in [1.82, 2.24) is 15.2 Å². The van der Waals surface area contributed by atoms with Crippen LogP contribution in [0.2, 0.25) is 0 Å². The summed E-state index contributed by atoms with van der Waals surface area (Å²) < 4.78 is 10.7. The zero-order valence-electron chi connectivity index (χ0n) is 18.0. The normalized spacial score (nSPS) is 18.6. The topological polar surface area (TPSA) is 70.8 Å². The number of hydrogen-bond donors (Lipinski definition) is 2. The number of nitrogens with one attached hydrogen (secondary N) is 1. The number of nitrogens with zero attached hydrogens (tertiary/aromatic N) is 2. The Hall–Kier alpha value is -2.67. The molecule has 4 rings (SSSR count). The summed E-state index contributed by atoms with van der Waals surface area (Å²) in [5.41, 5.74) is 1.79. The molecule has 0 saturated carbocycles. The molecule has 3 aromatic rings. The number of β-amino-alcohol motifs (C(OH)–C–C–N with tert-alkyl or cyclic N) is 1. The second-order valence-electron chi connectivity index (χ2n) is 8.14. The molecule has 164 valence electrons.